The van der Waals surface area contributed by atoms with Crippen molar-refractivity contribution in [3.8, 4) is 0 Å². The molecule has 0 aliphatic rings. The van der Waals surface area contributed by atoms with E-state index < -0.39 is 0 Å². The molecule has 1 unspecified atom stereocenters. The van der Waals surface area contributed by atoms with Gasteiger partial charge in [0.05, 0.1) is 0 Å². The minimum Gasteiger partial charge on any atom is -0.324 e. The summed E-state index contributed by atoms with van der Waals surface area (Å²) in [4.78, 5) is 0. The van der Waals surface area contributed by atoms with E-state index in [1.807, 2.05) is 13.8 Å². The Labute approximate surface area is 76.9 Å². The van der Waals surface area contributed by atoms with E-state index in [2.05, 4.69) is 26.1 Å². The average Bonchev–Trinajstić information content (AvgIpc) is 1.84. The highest BCUT2D eigenvalue weighted by Crippen LogP contribution is 2.07. The summed E-state index contributed by atoms with van der Waals surface area (Å²) in [6.45, 7) is 12.8. The molecule has 0 aromatic rings. The molecule has 0 bridgehead atoms. The fourth-order valence-corrected chi connectivity index (χ4v) is 0.858. The minimum atomic E-state index is -0.0866. The summed E-state index contributed by atoms with van der Waals surface area (Å²) in [5, 5.41) is 3.38. The molecule has 0 aromatic heterocycles. The molecule has 0 aliphatic heterocycles. The van der Waals surface area contributed by atoms with Crippen LogP contribution in [0.3, 0.4) is 0 Å². The smallest absolute Gasteiger partial charge is 0.0223 e. The zero-order chi connectivity index (χ0) is 9.78. The molecule has 0 amide bonds. The van der Waals surface area contributed by atoms with Crippen LogP contribution in [0, 0.1) is 11.8 Å². The van der Waals surface area contributed by atoms with Crippen LogP contribution < -0.4 is 11.1 Å². The molecule has 0 radical (unpaired) electrons. The van der Waals surface area contributed by atoms with Crippen molar-refractivity contribution in [1.82, 2.24) is 5.32 Å². The van der Waals surface area contributed by atoms with Crippen molar-refractivity contribution in [1.29, 1.82) is 0 Å². The first-order valence-electron chi connectivity index (χ1n) is 4.82. The number of nitrogens with one attached hydrogen (secondary N) is 1. The van der Waals surface area contributed by atoms with Gasteiger partial charge in [-0.1, -0.05) is 20.8 Å². The van der Waals surface area contributed by atoms with Gasteiger partial charge in [-0.15, -0.1) is 0 Å². The van der Waals surface area contributed by atoms with E-state index in [-0.39, 0.29) is 5.54 Å². The van der Waals surface area contributed by atoms with Gasteiger partial charge in [-0.2, -0.15) is 0 Å². The van der Waals surface area contributed by atoms with Gasteiger partial charge in [0.15, 0.2) is 0 Å². The van der Waals surface area contributed by atoms with E-state index in [0.717, 1.165) is 24.9 Å². The van der Waals surface area contributed by atoms with Crippen LogP contribution in [-0.4, -0.2) is 18.6 Å². The summed E-state index contributed by atoms with van der Waals surface area (Å²) in [6.07, 6.45) is 0. The monoisotopic (exact) mass is 172 g/mol. The molecule has 3 N–H and O–H groups in total. The number of hydrogen-bond donors (Lipinski definition) is 2. The van der Waals surface area contributed by atoms with Gasteiger partial charge in [0.25, 0.3) is 0 Å². The second-order valence-corrected chi connectivity index (χ2v) is 4.84. The molecule has 1 atom stereocenters. The standard InChI is InChI=1S/C10H24N2/c1-8(2)9(3)6-12-7-10(4,5)11/h8-9,12H,6-7,11H2,1-5H3. The van der Waals surface area contributed by atoms with Crippen LogP contribution in [0.1, 0.15) is 34.6 Å². The van der Waals surface area contributed by atoms with Crippen molar-refractivity contribution < 1.29 is 0 Å². The Morgan fingerprint density at radius 3 is 2.08 bits per heavy atom. The van der Waals surface area contributed by atoms with Gasteiger partial charge in [0, 0.05) is 12.1 Å². The van der Waals surface area contributed by atoms with E-state index >= 15 is 0 Å². The molecule has 0 fully saturated rings. The molecule has 0 rings (SSSR count). The largest absolute Gasteiger partial charge is 0.324 e. The van der Waals surface area contributed by atoms with Gasteiger partial charge in [0.1, 0.15) is 0 Å². The van der Waals surface area contributed by atoms with Crippen LogP contribution in [0.15, 0.2) is 0 Å². The maximum absolute atomic E-state index is 5.84. The topological polar surface area (TPSA) is 38.0 Å². The van der Waals surface area contributed by atoms with Gasteiger partial charge >= 0.3 is 0 Å². The Kier molecular flexibility index (Phi) is 4.80. The van der Waals surface area contributed by atoms with E-state index in [1.165, 1.54) is 0 Å². The van der Waals surface area contributed by atoms with Crippen molar-refractivity contribution in [2.24, 2.45) is 17.6 Å². The normalized spacial score (nSPS) is 15.2. The maximum atomic E-state index is 5.84. The highest BCUT2D eigenvalue weighted by Gasteiger charge is 2.11. The molecular formula is C10H24N2. The molecule has 0 aromatic carbocycles. The predicted molar refractivity (Wildman–Crippen MR) is 55.1 cm³/mol. The average molecular weight is 172 g/mol. The Morgan fingerprint density at radius 2 is 1.75 bits per heavy atom. The third kappa shape index (κ3) is 6.62. The fourth-order valence-electron chi connectivity index (χ4n) is 0.858. The van der Waals surface area contributed by atoms with Crippen LogP contribution in [0.25, 0.3) is 0 Å². The molecule has 2 nitrogen and oxygen atoms in total. The lowest BCUT2D eigenvalue weighted by Crippen LogP contribution is -2.44. The van der Waals surface area contributed by atoms with E-state index in [0.29, 0.717) is 0 Å². The van der Waals surface area contributed by atoms with Crippen LogP contribution in [0.5, 0.6) is 0 Å². The number of rotatable bonds is 5. The maximum Gasteiger partial charge on any atom is 0.0223 e. The first kappa shape index (κ1) is 11.9. The van der Waals surface area contributed by atoms with Gasteiger partial charge in [-0.05, 0) is 32.2 Å². The lowest BCUT2D eigenvalue weighted by molar-refractivity contribution is 0.369. The molecule has 2 heteroatoms. The Morgan fingerprint density at radius 1 is 1.25 bits per heavy atom. The number of nitrogens with two attached hydrogens (primary N) is 1. The zero-order valence-electron chi connectivity index (χ0n) is 9.15. The predicted octanol–water partition coefficient (Wildman–Crippen LogP) is 1.61. The van der Waals surface area contributed by atoms with E-state index in [9.17, 15) is 0 Å². The van der Waals surface area contributed by atoms with E-state index in [4.69, 9.17) is 5.73 Å². The summed E-state index contributed by atoms with van der Waals surface area (Å²) >= 11 is 0. The molecule has 0 heterocycles. The third-order valence-corrected chi connectivity index (χ3v) is 2.18. The fraction of sp³-hybridized carbons (Fsp3) is 1.00. The molecule has 0 aliphatic carbocycles. The van der Waals surface area contributed by atoms with Crippen molar-refractivity contribution in [3.05, 3.63) is 0 Å². The van der Waals surface area contributed by atoms with Crippen LogP contribution >= 0.6 is 0 Å². The second kappa shape index (κ2) is 4.83. The summed E-state index contributed by atoms with van der Waals surface area (Å²) in [6, 6.07) is 0. The van der Waals surface area contributed by atoms with Crippen molar-refractivity contribution in [3.63, 3.8) is 0 Å². The molecule has 0 spiro atoms. The van der Waals surface area contributed by atoms with Crippen LogP contribution in [-0.2, 0) is 0 Å². The second-order valence-electron chi connectivity index (χ2n) is 4.84. The Bertz CT molecular complexity index is 113. The lowest BCUT2D eigenvalue weighted by atomic mass is 9.98. The third-order valence-electron chi connectivity index (χ3n) is 2.18. The molecule has 12 heavy (non-hydrogen) atoms. The highest BCUT2D eigenvalue weighted by molar-refractivity contribution is 4.75. The SMILES string of the molecule is CC(C)C(C)CNCC(C)(C)N. The van der Waals surface area contributed by atoms with Gasteiger partial charge in [-0.3, -0.25) is 0 Å². The van der Waals surface area contributed by atoms with Crippen LogP contribution in [0.4, 0.5) is 0 Å². The zero-order valence-corrected chi connectivity index (χ0v) is 9.15. The molecule has 0 saturated heterocycles. The van der Waals surface area contributed by atoms with Crippen LogP contribution in [0.2, 0.25) is 0 Å². The number of hydrogen-bond acceptors (Lipinski definition) is 2. The quantitative estimate of drug-likeness (QED) is 0.661. The first-order chi connectivity index (χ1) is 5.33. The van der Waals surface area contributed by atoms with Crippen molar-refractivity contribution >= 4 is 0 Å². The molecular weight excluding hydrogens is 148 g/mol. The summed E-state index contributed by atoms with van der Waals surface area (Å²) in [5.74, 6) is 1.48. The highest BCUT2D eigenvalue weighted by atomic mass is 14.9. The minimum absolute atomic E-state index is 0.0866. The summed E-state index contributed by atoms with van der Waals surface area (Å²) < 4.78 is 0. The molecule has 0 saturated carbocycles. The Hall–Kier alpha value is -0.0800. The van der Waals surface area contributed by atoms with E-state index in [1.54, 1.807) is 0 Å². The van der Waals surface area contributed by atoms with Gasteiger partial charge in [0.2, 0.25) is 0 Å². The summed E-state index contributed by atoms with van der Waals surface area (Å²) in [5.41, 5.74) is 5.75. The van der Waals surface area contributed by atoms with Gasteiger partial charge < -0.3 is 11.1 Å². The summed E-state index contributed by atoms with van der Waals surface area (Å²) in [7, 11) is 0. The van der Waals surface area contributed by atoms with Crippen molar-refractivity contribution in [2.75, 3.05) is 13.1 Å². The van der Waals surface area contributed by atoms with Gasteiger partial charge in [-0.25, -0.2) is 0 Å². The first-order valence-corrected chi connectivity index (χ1v) is 4.82. The van der Waals surface area contributed by atoms with Crippen molar-refractivity contribution in [2.45, 2.75) is 40.2 Å². The molecule has 74 valence electrons. The Balaban J connectivity index is 3.44. The lowest BCUT2D eigenvalue weighted by Gasteiger charge is -2.22.